The maximum atomic E-state index is 2.42. The molecule has 1 aliphatic heterocycles. The van der Waals surface area contributed by atoms with Gasteiger partial charge >= 0.3 is 0 Å². The monoisotopic (exact) mass is 178 g/mol. The van der Waals surface area contributed by atoms with Gasteiger partial charge in [0.25, 0.3) is 0 Å². The van der Waals surface area contributed by atoms with Crippen LogP contribution in [0.25, 0.3) is 0 Å². The van der Waals surface area contributed by atoms with E-state index in [1.54, 1.807) is 0 Å². The number of rotatable bonds is 1. The van der Waals surface area contributed by atoms with Gasteiger partial charge in [-0.3, -0.25) is 0 Å². The van der Waals surface area contributed by atoms with Crippen LogP contribution in [-0.4, -0.2) is 29.6 Å². The molecule has 2 heteroatoms. The number of hydrogen-bond acceptors (Lipinski definition) is 1. The summed E-state index contributed by atoms with van der Waals surface area (Å²) in [6.45, 7) is 4.80. The molecule has 1 aliphatic rings. The lowest BCUT2D eigenvalue weighted by Crippen LogP contribution is -2.37. The van der Waals surface area contributed by atoms with Crippen LogP contribution in [0.2, 0.25) is 0 Å². The number of hydrogen-bond donors (Lipinski definition) is 0. The predicted molar refractivity (Wildman–Crippen MR) is 54.7 cm³/mol. The van der Waals surface area contributed by atoms with Gasteiger partial charge in [-0.05, 0) is 38.1 Å². The summed E-state index contributed by atoms with van der Waals surface area (Å²) in [7, 11) is 2.21. The smallest absolute Gasteiger partial charge is 0.0380 e. The zero-order chi connectivity index (χ0) is 9.26. The SMILES string of the molecule is CC1CN(C)CCC1n1cccc1. The van der Waals surface area contributed by atoms with Crippen LogP contribution in [0.15, 0.2) is 24.5 Å². The molecule has 2 atom stereocenters. The molecule has 0 N–H and O–H groups in total. The van der Waals surface area contributed by atoms with E-state index in [-0.39, 0.29) is 0 Å². The summed E-state index contributed by atoms with van der Waals surface area (Å²) >= 11 is 0. The molecule has 0 spiro atoms. The van der Waals surface area contributed by atoms with Gasteiger partial charge in [-0.25, -0.2) is 0 Å². The maximum Gasteiger partial charge on any atom is 0.0380 e. The fourth-order valence-corrected chi connectivity index (χ4v) is 2.35. The molecule has 2 nitrogen and oxygen atoms in total. The van der Waals surface area contributed by atoms with Crippen LogP contribution in [0.5, 0.6) is 0 Å². The van der Waals surface area contributed by atoms with E-state index in [1.807, 2.05) is 0 Å². The number of piperidine rings is 1. The Balaban J connectivity index is 2.08. The first-order chi connectivity index (χ1) is 6.27. The topological polar surface area (TPSA) is 8.17 Å². The Hall–Kier alpha value is -0.760. The summed E-state index contributed by atoms with van der Waals surface area (Å²) in [5.41, 5.74) is 0. The largest absolute Gasteiger partial charge is 0.351 e. The quantitative estimate of drug-likeness (QED) is 0.638. The molecule has 1 aromatic rings. The third kappa shape index (κ3) is 1.78. The van der Waals surface area contributed by atoms with E-state index in [9.17, 15) is 0 Å². The van der Waals surface area contributed by atoms with Crippen LogP contribution in [0.1, 0.15) is 19.4 Å². The van der Waals surface area contributed by atoms with E-state index in [4.69, 9.17) is 0 Å². The van der Waals surface area contributed by atoms with Crippen molar-refractivity contribution in [1.29, 1.82) is 0 Å². The van der Waals surface area contributed by atoms with Gasteiger partial charge in [0, 0.05) is 25.0 Å². The fraction of sp³-hybridized carbons (Fsp3) is 0.636. The van der Waals surface area contributed by atoms with Crippen molar-refractivity contribution in [3.8, 4) is 0 Å². The van der Waals surface area contributed by atoms with E-state index < -0.39 is 0 Å². The van der Waals surface area contributed by atoms with Gasteiger partial charge in [0.1, 0.15) is 0 Å². The Morgan fingerprint density at radius 2 is 1.92 bits per heavy atom. The maximum absolute atomic E-state index is 2.42. The molecule has 0 bridgehead atoms. The molecule has 2 unspecified atom stereocenters. The van der Waals surface area contributed by atoms with Gasteiger partial charge in [0.2, 0.25) is 0 Å². The predicted octanol–water partition coefficient (Wildman–Crippen LogP) is 2.00. The second-order valence-electron chi connectivity index (χ2n) is 4.23. The lowest BCUT2D eigenvalue weighted by Gasteiger charge is -2.35. The third-order valence-electron chi connectivity index (χ3n) is 3.07. The van der Waals surface area contributed by atoms with E-state index in [2.05, 4.69) is 48.0 Å². The molecule has 72 valence electrons. The molecule has 2 heterocycles. The third-order valence-corrected chi connectivity index (χ3v) is 3.07. The highest BCUT2D eigenvalue weighted by Gasteiger charge is 2.24. The normalized spacial score (nSPS) is 30.6. The lowest BCUT2D eigenvalue weighted by atomic mass is 9.94. The van der Waals surface area contributed by atoms with E-state index in [0.29, 0.717) is 6.04 Å². The Morgan fingerprint density at radius 1 is 1.23 bits per heavy atom. The zero-order valence-electron chi connectivity index (χ0n) is 8.48. The van der Waals surface area contributed by atoms with Crippen molar-refractivity contribution in [3.63, 3.8) is 0 Å². The van der Waals surface area contributed by atoms with Gasteiger partial charge in [-0.1, -0.05) is 6.92 Å². The van der Waals surface area contributed by atoms with Crippen LogP contribution >= 0.6 is 0 Å². The molecule has 13 heavy (non-hydrogen) atoms. The number of nitrogens with zero attached hydrogens (tertiary/aromatic N) is 2. The van der Waals surface area contributed by atoms with Crippen molar-refractivity contribution < 1.29 is 0 Å². The van der Waals surface area contributed by atoms with Crippen molar-refractivity contribution in [2.24, 2.45) is 5.92 Å². The summed E-state index contributed by atoms with van der Waals surface area (Å²) in [6, 6.07) is 4.95. The first-order valence-corrected chi connectivity index (χ1v) is 5.08. The minimum atomic E-state index is 0.714. The highest BCUT2D eigenvalue weighted by molar-refractivity contribution is 4.95. The number of likely N-dealkylation sites (tertiary alicyclic amines) is 1. The summed E-state index contributed by atoms with van der Waals surface area (Å²) in [5.74, 6) is 0.770. The average Bonchev–Trinajstić information content (AvgIpc) is 2.56. The molecule has 1 aromatic heterocycles. The Labute approximate surface area is 80.2 Å². The van der Waals surface area contributed by atoms with Crippen LogP contribution in [0.4, 0.5) is 0 Å². The van der Waals surface area contributed by atoms with Crippen molar-refractivity contribution in [1.82, 2.24) is 9.47 Å². The Bertz CT molecular complexity index is 253. The molecule has 1 fully saturated rings. The fourth-order valence-electron chi connectivity index (χ4n) is 2.35. The van der Waals surface area contributed by atoms with Crippen LogP contribution < -0.4 is 0 Å². The Kier molecular flexibility index (Phi) is 2.40. The summed E-state index contributed by atoms with van der Waals surface area (Å²) < 4.78 is 2.36. The summed E-state index contributed by atoms with van der Waals surface area (Å²) in [5, 5.41) is 0. The second-order valence-corrected chi connectivity index (χ2v) is 4.23. The molecule has 1 saturated heterocycles. The minimum absolute atomic E-state index is 0.714. The van der Waals surface area contributed by atoms with Gasteiger partial charge in [-0.15, -0.1) is 0 Å². The van der Waals surface area contributed by atoms with Crippen molar-refractivity contribution in [3.05, 3.63) is 24.5 Å². The van der Waals surface area contributed by atoms with Crippen LogP contribution in [0, 0.1) is 5.92 Å². The zero-order valence-corrected chi connectivity index (χ0v) is 8.48. The van der Waals surface area contributed by atoms with Crippen LogP contribution in [-0.2, 0) is 0 Å². The van der Waals surface area contributed by atoms with Gasteiger partial charge in [0.15, 0.2) is 0 Å². The molecular weight excluding hydrogens is 160 g/mol. The average molecular weight is 178 g/mol. The van der Waals surface area contributed by atoms with Gasteiger partial charge in [0.05, 0.1) is 0 Å². The van der Waals surface area contributed by atoms with Crippen molar-refractivity contribution >= 4 is 0 Å². The van der Waals surface area contributed by atoms with E-state index in [0.717, 1.165) is 5.92 Å². The molecule has 0 amide bonds. The van der Waals surface area contributed by atoms with Gasteiger partial charge in [-0.2, -0.15) is 0 Å². The Morgan fingerprint density at radius 3 is 2.54 bits per heavy atom. The highest BCUT2D eigenvalue weighted by Crippen LogP contribution is 2.26. The molecular formula is C11H18N2. The van der Waals surface area contributed by atoms with E-state index >= 15 is 0 Å². The molecule has 0 saturated carbocycles. The minimum Gasteiger partial charge on any atom is -0.351 e. The van der Waals surface area contributed by atoms with Gasteiger partial charge < -0.3 is 9.47 Å². The molecule has 0 aromatic carbocycles. The molecule has 0 aliphatic carbocycles. The van der Waals surface area contributed by atoms with Crippen molar-refractivity contribution in [2.45, 2.75) is 19.4 Å². The summed E-state index contributed by atoms with van der Waals surface area (Å²) in [6.07, 6.45) is 5.66. The van der Waals surface area contributed by atoms with Crippen LogP contribution in [0.3, 0.4) is 0 Å². The summed E-state index contributed by atoms with van der Waals surface area (Å²) in [4.78, 5) is 2.42. The first kappa shape index (κ1) is 8.82. The van der Waals surface area contributed by atoms with E-state index in [1.165, 1.54) is 19.5 Å². The number of aromatic nitrogens is 1. The first-order valence-electron chi connectivity index (χ1n) is 5.08. The molecule has 0 radical (unpaired) electrons. The standard InChI is InChI=1S/C11H18N2/c1-10-9-12(2)8-5-11(10)13-6-3-4-7-13/h3-4,6-7,10-11H,5,8-9H2,1-2H3. The molecule has 2 rings (SSSR count). The lowest BCUT2D eigenvalue weighted by molar-refractivity contribution is 0.159. The second kappa shape index (κ2) is 3.54. The highest BCUT2D eigenvalue weighted by atomic mass is 15.1. The van der Waals surface area contributed by atoms with Crippen molar-refractivity contribution in [2.75, 3.05) is 20.1 Å².